The topological polar surface area (TPSA) is 46.8 Å². The lowest BCUT2D eigenvalue weighted by Gasteiger charge is -2.14. The van der Waals surface area contributed by atoms with Gasteiger partial charge in [0.2, 0.25) is 5.82 Å². The van der Waals surface area contributed by atoms with Gasteiger partial charge in [0.05, 0.1) is 6.54 Å². The Labute approximate surface area is 188 Å². The van der Waals surface area contributed by atoms with E-state index in [4.69, 9.17) is 0 Å². The van der Waals surface area contributed by atoms with Crippen molar-refractivity contribution in [3.63, 3.8) is 0 Å². The van der Waals surface area contributed by atoms with Gasteiger partial charge in [-0.15, -0.1) is 0 Å². The minimum absolute atomic E-state index is 0.145. The molecule has 2 aromatic heterocycles. The van der Waals surface area contributed by atoms with Gasteiger partial charge < -0.3 is 4.90 Å². The Morgan fingerprint density at radius 1 is 0.906 bits per heavy atom. The molecule has 0 unspecified atom stereocenters. The standard InChI is InChI=1S/C23H22F3N5S/c1-15-9-11-16(12-10-15)13-31-20-18(19(30(2)3)28-21(29-20)23(24,25)26)27-22(31)32-14-17-7-5-4-6-8-17/h4-12H,13-14H2,1-3H3. The number of nitrogens with zero attached hydrogens (tertiary/aromatic N) is 5. The lowest BCUT2D eigenvalue weighted by Crippen LogP contribution is -2.18. The molecule has 9 heteroatoms. The third-order valence-electron chi connectivity index (χ3n) is 4.89. The first-order chi connectivity index (χ1) is 15.2. The Balaban J connectivity index is 1.85. The van der Waals surface area contributed by atoms with Crippen LogP contribution < -0.4 is 4.90 Å². The molecular weight excluding hydrogens is 435 g/mol. The highest BCUT2D eigenvalue weighted by Gasteiger charge is 2.37. The van der Waals surface area contributed by atoms with Crippen molar-refractivity contribution < 1.29 is 13.2 Å². The molecule has 2 aromatic carbocycles. The van der Waals surface area contributed by atoms with Crippen LogP contribution in [0.25, 0.3) is 11.2 Å². The molecule has 0 spiro atoms. The van der Waals surface area contributed by atoms with Gasteiger partial charge in [-0.25, -0.2) is 15.0 Å². The van der Waals surface area contributed by atoms with Crippen LogP contribution in [0.3, 0.4) is 0 Å². The Kier molecular flexibility index (Phi) is 6.10. The third kappa shape index (κ3) is 4.72. The first-order valence-electron chi connectivity index (χ1n) is 9.97. The summed E-state index contributed by atoms with van der Waals surface area (Å²) in [4.78, 5) is 13.9. The van der Waals surface area contributed by atoms with E-state index in [-0.39, 0.29) is 11.5 Å². The van der Waals surface area contributed by atoms with Crippen LogP contribution >= 0.6 is 11.8 Å². The lowest BCUT2D eigenvalue weighted by atomic mass is 10.1. The van der Waals surface area contributed by atoms with Gasteiger partial charge in [-0.05, 0) is 18.1 Å². The van der Waals surface area contributed by atoms with Gasteiger partial charge in [-0.3, -0.25) is 4.57 Å². The zero-order valence-corrected chi connectivity index (χ0v) is 18.7. The average Bonchev–Trinajstić information content (AvgIpc) is 3.10. The fraction of sp³-hybridized carbons (Fsp3) is 0.261. The number of benzene rings is 2. The van der Waals surface area contributed by atoms with E-state index in [1.54, 1.807) is 18.7 Å². The van der Waals surface area contributed by atoms with E-state index < -0.39 is 12.0 Å². The molecule has 0 amide bonds. The molecule has 0 radical (unpaired) electrons. The van der Waals surface area contributed by atoms with Gasteiger partial charge in [0.25, 0.3) is 0 Å². The molecule has 32 heavy (non-hydrogen) atoms. The molecule has 0 N–H and O–H groups in total. The number of rotatable bonds is 6. The van der Waals surface area contributed by atoms with Gasteiger partial charge >= 0.3 is 6.18 Å². The molecule has 0 atom stereocenters. The molecule has 0 aliphatic rings. The minimum Gasteiger partial charge on any atom is -0.361 e. The molecule has 166 valence electrons. The Bertz CT molecular complexity index is 1220. The summed E-state index contributed by atoms with van der Waals surface area (Å²) in [6, 6.07) is 17.8. The second-order valence-electron chi connectivity index (χ2n) is 7.68. The highest BCUT2D eigenvalue weighted by molar-refractivity contribution is 7.98. The predicted molar refractivity (Wildman–Crippen MR) is 121 cm³/mol. The molecule has 5 nitrogen and oxygen atoms in total. The number of imidazole rings is 1. The monoisotopic (exact) mass is 457 g/mol. The van der Waals surface area contributed by atoms with E-state index in [9.17, 15) is 13.2 Å². The summed E-state index contributed by atoms with van der Waals surface area (Å²) in [6.07, 6.45) is -4.66. The predicted octanol–water partition coefficient (Wildman–Crippen LogP) is 5.56. The maximum absolute atomic E-state index is 13.6. The number of alkyl halides is 3. The number of aromatic nitrogens is 4. The summed E-state index contributed by atoms with van der Waals surface area (Å²) >= 11 is 1.47. The van der Waals surface area contributed by atoms with E-state index in [2.05, 4.69) is 15.0 Å². The van der Waals surface area contributed by atoms with Gasteiger partial charge in [0, 0.05) is 19.8 Å². The van der Waals surface area contributed by atoms with Crippen LogP contribution in [0, 0.1) is 6.92 Å². The number of anilines is 1. The largest absolute Gasteiger partial charge is 0.451 e. The van der Waals surface area contributed by atoms with Crippen LogP contribution in [0.1, 0.15) is 22.5 Å². The Morgan fingerprint density at radius 2 is 1.59 bits per heavy atom. The fourth-order valence-corrected chi connectivity index (χ4v) is 4.21. The summed E-state index contributed by atoms with van der Waals surface area (Å²) in [7, 11) is 3.30. The molecule has 4 rings (SSSR count). The van der Waals surface area contributed by atoms with Crippen molar-refractivity contribution in [1.29, 1.82) is 0 Å². The minimum atomic E-state index is -4.66. The van der Waals surface area contributed by atoms with Crippen LogP contribution in [-0.2, 0) is 18.5 Å². The second kappa shape index (κ2) is 8.82. The van der Waals surface area contributed by atoms with E-state index >= 15 is 0 Å². The Hall–Kier alpha value is -3.07. The maximum atomic E-state index is 13.6. The summed E-state index contributed by atoms with van der Waals surface area (Å²) in [5, 5.41) is 0.598. The second-order valence-corrected chi connectivity index (χ2v) is 8.62. The highest BCUT2D eigenvalue weighted by atomic mass is 32.2. The molecule has 0 aliphatic carbocycles. The Morgan fingerprint density at radius 3 is 2.22 bits per heavy atom. The highest BCUT2D eigenvalue weighted by Crippen LogP contribution is 2.34. The van der Waals surface area contributed by atoms with E-state index in [0.717, 1.165) is 16.7 Å². The smallest absolute Gasteiger partial charge is 0.361 e. The number of fused-ring (bicyclic) bond motifs is 1. The molecular formula is C23H22F3N5S. The van der Waals surface area contributed by atoms with Gasteiger partial charge in [0.1, 0.15) is 0 Å². The lowest BCUT2D eigenvalue weighted by molar-refractivity contribution is -0.144. The summed E-state index contributed by atoms with van der Waals surface area (Å²) in [5.74, 6) is -0.389. The van der Waals surface area contributed by atoms with Gasteiger partial charge in [-0.2, -0.15) is 13.2 Å². The zero-order valence-electron chi connectivity index (χ0n) is 17.9. The molecule has 0 saturated heterocycles. The molecule has 4 aromatic rings. The summed E-state index contributed by atoms with van der Waals surface area (Å²) in [5.41, 5.74) is 3.69. The van der Waals surface area contributed by atoms with Crippen LogP contribution in [0.5, 0.6) is 0 Å². The number of hydrogen-bond donors (Lipinski definition) is 0. The third-order valence-corrected chi connectivity index (χ3v) is 5.94. The average molecular weight is 458 g/mol. The fourth-order valence-electron chi connectivity index (χ4n) is 3.26. The van der Waals surface area contributed by atoms with Crippen molar-refractivity contribution in [2.75, 3.05) is 19.0 Å². The van der Waals surface area contributed by atoms with Crippen LogP contribution in [0.4, 0.5) is 19.0 Å². The normalized spacial score (nSPS) is 11.8. The number of halogens is 3. The van der Waals surface area contributed by atoms with Crippen LogP contribution in [0.2, 0.25) is 0 Å². The number of thioether (sulfide) groups is 1. The molecule has 2 heterocycles. The van der Waals surface area contributed by atoms with E-state index in [1.807, 2.05) is 61.5 Å². The van der Waals surface area contributed by atoms with Crippen molar-refractivity contribution in [2.45, 2.75) is 30.6 Å². The molecule has 0 bridgehead atoms. The zero-order chi connectivity index (χ0) is 22.9. The van der Waals surface area contributed by atoms with Gasteiger partial charge in [0.15, 0.2) is 22.1 Å². The van der Waals surface area contributed by atoms with Crippen molar-refractivity contribution >= 4 is 28.7 Å². The first-order valence-corrected chi connectivity index (χ1v) is 11.0. The number of aryl methyl sites for hydroxylation is 1. The molecule has 0 aliphatic heterocycles. The maximum Gasteiger partial charge on any atom is 0.451 e. The number of hydrogen-bond acceptors (Lipinski definition) is 5. The van der Waals surface area contributed by atoms with E-state index in [0.29, 0.717) is 23.0 Å². The molecule has 0 saturated carbocycles. The summed E-state index contributed by atoms with van der Waals surface area (Å²) in [6.45, 7) is 2.35. The summed E-state index contributed by atoms with van der Waals surface area (Å²) < 4.78 is 42.4. The van der Waals surface area contributed by atoms with Crippen molar-refractivity contribution in [2.24, 2.45) is 0 Å². The first kappa shape index (κ1) is 22.1. The van der Waals surface area contributed by atoms with Crippen LogP contribution in [-0.4, -0.2) is 33.6 Å². The quantitative estimate of drug-likeness (QED) is 0.355. The van der Waals surface area contributed by atoms with Crippen molar-refractivity contribution in [1.82, 2.24) is 19.5 Å². The van der Waals surface area contributed by atoms with E-state index in [1.165, 1.54) is 16.7 Å². The van der Waals surface area contributed by atoms with Gasteiger partial charge in [-0.1, -0.05) is 71.9 Å². The van der Waals surface area contributed by atoms with Crippen LogP contribution in [0.15, 0.2) is 59.8 Å². The van der Waals surface area contributed by atoms with Crippen molar-refractivity contribution in [3.05, 3.63) is 77.1 Å². The molecule has 0 fully saturated rings. The van der Waals surface area contributed by atoms with Crippen molar-refractivity contribution in [3.8, 4) is 0 Å². The SMILES string of the molecule is Cc1ccc(Cn2c(SCc3ccccc3)nc3c(N(C)C)nc(C(F)(F)F)nc32)cc1.